The van der Waals surface area contributed by atoms with Gasteiger partial charge in [0.1, 0.15) is 11.3 Å². The highest BCUT2D eigenvalue weighted by molar-refractivity contribution is 5.89. The number of phenolic OH excluding ortho intramolecular Hbond substituents is 1. The van der Waals surface area contributed by atoms with Gasteiger partial charge in [-0.05, 0) is 36.2 Å². The molecule has 0 radical (unpaired) electrons. The summed E-state index contributed by atoms with van der Waals surface area (Å²) in [4.78, 5) is 15.8. The maximum absolute atomic E-state index is 14.2. The van der Waals surface area contributed by atoms with Crippen LogP contribution in [0.2, 0.25) is 0 Å². The van der Waals surface area contributed by atoms with Crippen molar-refractivity contribution in [3.63, 3.8) is 0 Å². The molecule has 0 bridgehead atoms. The van der Waals surface area contributed by atoms with Crippen LogP contribution in [0.4, 0.5) is 4.39 Å². The van der Waals surface area contributed by atoms with Gasteiger partial charge in [0.2, 0.25) is 0 Å². The summed E-state index contributed by atoms with van der Waals surface area (Å²) in [5.74, 6) is -0.602. The molecule has 0 saturated heterocycles. The topological polar surface area (TPSA) is 83.6 Å². The van der Waals surface area contributed by atoms with Gasteiger partial charge in [-0.15, -0.1) is 0 Å². The number of fused-ring (bicyclic) bond motifs is 3. The average molecular weight is 384 g/mol. The lowest BCUT2D eigenvalue weighted by molar-refractivity contribution is -0.148. The summed E-state index contributed by atoms with van der Waals surface area (Å²) >= 11 is 0. The Balaban J connectivity index is 1.96. The van der Waals surface area contributed by atoms with Crippen molar-refractivity contribution in [3.8, 4) is 11.5 Å². The van der Waals surface area contributed by atoms with Crippen LogP contribution in [0, 0.1) is 5.82 Å². The molecule has 146 valence electrons. The Morgan fingerprint density at radius 2 is 2.07 bits per heavy atom. The Morgan fingerprint density at radius 1 is 1.29 bits per heavy atom. The van der Waals surface area contributed by atoms with Gasteiger partial charge >= 0.3 is 5.97 Å². The van der Waals surface area contributed by atoms with Crippen molar-refractivity contribution in [2.75, 3.05) is 14.2 Å². The van der Waals surface area contributed by atoms with Crippen LogP contribution in [-0.4, -0.2) is 35.8 Å². The fraction of sp³-hybridized carbons (Fsp3) is 0.286. The zero-order chi connectivity index (χ0) is 20.1. The fourth-order valence-corrected chi connectivity index (χ4v) is 3.97. The lowest BCUT2D eigenvalue weighted by Gasteiger charge is -2.37. The molecular formula is C21H21FN2O4. The van der Waals surface area contributed by atoms with Gasteiger partial charge in [0.25, 0.3) is 0 Å². The number of rotatable bonds is 3. The lowest BCUT2D eigenvalue weighted by Crippen LogP contribution is -2.56. The van der Waals surface area contributed by atoms with E-state index in [1.165, 1.54) is 20.3 Å². The number of ether oxygens (including phenoxy) is 2. The average Bonchev–Trinajstić information content (AvgIpc) is 3.02. The van der Waals surface area contributed by atoms with E-state index in [-0.39, 0.29) is 11.5 Å². The van der Waals surface area contributed by atoms with E-state index in [0.29, 0.717) is 11.9 Å². The number of halogens is 1. The van der Waals surface area contributed by atoms with E-state index in [1.54, 1.807) is 31.2 Å². The van der Waals surface area contributed by atoms with E-state index >= 15 is 0 Å². The summed E-state index contributed by atoms with van der Waals surface area (Å²) in [7, 11) is 2.76. The second kappa shape index (κ2) is 6.53. The van der Waals surface area contributed by atoms with E-state index in [1.807, 2.05) is 6.07 Å². The smallest absolute Gasteiger partial charge is 0.326 e. The van der Waals surface area contributed by atoms with E-state index in [4.69, 9.17) is 9.47 Å². The highest BCUT2D eigenvalue weighted by Gasteiger charge is 2.43. The second-order valence-corrected chi connectivity index (χ2v) is 7.22. The highest BCUT2D eigenvalue weighted by atomic mass is 19.1. The van der Waals surface area contributed by atoms with Gasteiger partial charge in [0.15, 0.2) is 11.6 Å². The van der Waals surface area contributed by atoms with Crippen LogP contribution in [0.15, 0.2) is 36.4 Å². The van der Waals surface area contributed by atoms with E-state index < -0.39 is 23.4 Å². The van der Waals surface area contributed by atoms with Crippen molar-refractivity contribution < 1.29 is 23.8 Å². The van der Waals surface area contributed by atoms with Gasteiger partial charge in [-0.2, -0.15) is 0 Å². The third kappa shape index (κ3) is 2.79. The monoisotopic (exact) mass is 384 g/mol. The molecule has 0 saturated carbocycles. The number of benzene rings is 2. The summed E-state index contributed by atoms with van der Waals surface area (Å²) in [5.41, 5.74) is 2.09. The van der Waals surface area contributed by atoms with Crippen molar-refractivity contribution in [2.45, 2.75) is 24.9 Å². The summed E-state index contributed by atoms with van der Waals surface area (Å²) in [6.45, 7) is 1.77. The van der Waals surface area contributed by atoms with Crippen molar-refractivity contribution >= 4 is 16.9 Å². The molecular weight excluding hydrogens is 363 g/mol. The lowest BCUT2D eigenvalue weighted by atomic mass is 9.82. The Kier molecular flexibility index (Phi) is 4.27. The van der Waals surface area contributed by atoms with Crippen molar-refractivity contribution in [1.82, 2.24) is 10.3 Å². The number of hydrogen-bond acceptors (Lipinski definition) is 5. The van der Waals surface area contributed by atoms with Crippen LogP contribution in [0.1, 0.15) is 29.8 Å². The molecule has 4 rings (SSSR count). The minimum absolute atomic E-state index is 0.120. The number of carbonyl (C=O) groups is 1. The Morgan fingerprint density at radius 3 is 2.75 bits per heavy atom. The molecule has 0 fully saturated rings. The SMILES string of the molecule is COC(=O)C1(C)Cc2c([nH]c3cc(F)c(OC)cc23)C(c2cccc(O)c2)N1. The molecule has 3 N–H and O–H groups in total. The fourth-order valence-electron chi connectivity index (χ4n) is 3.97. The van der Waals surface area contributed by atoms with Gasteiger partial charge in [0, 0.05) is 29.1 Å². The standard InChI is InChI=1S/C21H21FN2O4/c1-21(20(26)28-3)10-14-13-8-17(27-2)15(22)9-16(13)23-19(14)18(24-21)11-5-4-6-12(25)7-11/h4-9,18,23-25H,10H2,1-3H3. The zero-order valence-electron chi connectivity index (χ0n) is 15.8. The zero-order valence-corrected chi connectivity index (χ0v) is 15.8. The molecule has 0 spiro atoms. The predicted molar refractivity (Wildman–Crippen MR) is 102 cm³/mol. The Hall–Kier alpha value is -3.06. The van der Waals surface area contributed by atoms with Crippen LogP contribution in [-0.2, 0) is 16.0 Å². The largest absolute Gasteiger partial charge is 0.508 e. The van der Waals surface area contributed by atoms with Crippen molar-refractivity contribution in [1.29, 1.82) is 0 Å². The molecule has 2 unspecified atom stereocenters. The normalized spacial score (nSPS) is 21.4. The third-order valence-corrected chi connectivity index (χ3v) is 5.33. The number of methoxy groups -OCH3 is 2. The minimum atomic E-state index is -0.991. The van der Waals surface area contributed by atoms with Crippen LogP contribution >= 0.6 is 0 Å². The molecule has 28 heavy (non-hydrogen) atoms. The third-order valence-electron chi connectivity index (χ3n) is 5.33. The number of esters is 1. The van der Waals surface area contributed by atoms with Crippen LogP contribution in [0.25, 0.3) is 10.9 Å². The van der Waals surface area contributed by atoms with Crippen LogP contribution in [0.3, 0.4) is 0 Å². The Labute approximate surface area is 161 Å². The van der Waals surface area contributed by atoms with Gasteiger partial charge in [0.05, 0.1) is 20.3 Å². The van der Waals surface area contributed by atoms with Crippen LogP contribution < -0.4 is 10.1 Å². The first kappa shape index (κ1) is 18.3. The van der Waals surface area contributed by atoms with Gasteiger partial charge < -0.3 is 19.6 Å². The molecule has 1 aromatic heterocycles. The number of carbonyl (C=O) groups excluding carboxylic acids is 1. The first-order valence-electron chi connectivity index (χ1n) is 8.89. The number of nitrogens with one attached hydrogen (secondary N) is 2. The molecule has 1 aliphatic rings. The van der Waals surface area contributed by atoms with Gasteiger partial charge in [-0.25, -0.2) is 4.39 Å². The predicted octanol–water partition coefficient (Wildman–Crippen LogP) is 3.19. The van der Waals surface area contributed by atoms with Crippen molar-refractivity contribution in [2.24, 2.45) is 0 Å². The first-order valence-corrected chi connectivity index (χ1v) is 8.89. The quantitative estimate of drug-likeness (QED) is 0.604. The first-order chi connectivity index (χ1) is 13.4. The van der Waals surface area contributed by atoms with E-state index in [2.05, 4.69) is 10.3 Å². The molecule has 3 aromatic rings. The molecule has 0 aliphatic carbocycles. The molecule has 0 amide bonds. The maximum Gasteiger partial charge on any atom is 0.326 e. The molecule has 1 aliphatic heterocycles. The number of aromatic hydroxyl groups is 1. The molecule has 2 heterocycles. The maximum atomic E-state index is 14.2. The summed E-state index contributed by atoms with van der Waals surface area (Å²) in [5, 5.41) is 14.1. The number of H-pyrrole nitrogens is 1. The van der Waals surface area contributed by atoms with Crippen molar-refractivity contribution in [3.05, 3.63) is 59.0 Å². The number of aromatic amines is 1. The van der Waals surface area contributed by atoms with E-state index in [0.717, 1.165) is 22.2 Å². The summed E-state index contributed by atoms with van der Waals surface area (Å²) in [6, 6.07) is 9.43. The summed E-state index contributed by atoms with van der Waals surface area (Å²) < 4.78 is 24.4. The van der Waals surface area contributed by atoms with E-state index in [9.17, 15) is 14.3 Å². The minimum Gasteiger partial charge on any atom is -0.508 e. The number of phenols is 1. The number of hydrogen-bond donors (Lipinski definition) is 3. The summed E-state index contributed by atoms with van der Waals surface area (Å²) in [6.07, 6.45) is 0.360. The molecule has 6 nitrogen and oxygen atoms in total. The molecule has 2 atom stereocenters. The van der Waals surface area contributed by atoms with Gasteiger partial charge in [-0.1, -0.05) is 12.1 Å². The van der Waals surface area contributed by atoms with Crippen LogP contribution in [0.5, 0.6) is 11.5 Å². The van der Waals surface area contributed by atoms with Gasteiger partial charge in [-0.3, -0.25) is 10.1 Å². The number of aromatic nitrogens is 1. The Bertz CT molecular complexity index is 1080. The molecule has 7 heteroatoms. The second-order valence-electron chi connectivity index (χ2n) is 7.22. The molecule has 2 aromatic carbocycles. The highest BCUT2D eigenvalue weighted by Crippen LogP contribution is 2.40.